The topological polar surface area (TPSA) is 118 Å². The molecule has 56 heavy (non-hydrogen) atoms. The second kappa shape index (κ2) is 13.4. The lowest BCUT2D eigenvalue weighted by Gasteiger charge is -2.56. The van der Waals surface area contributed by atoms with Crippen molar-refractivity contribution in [3.05, 3.63) is 49.6 Å². The Morgan fingerprint density at radius 3 is 1.32 bits per heavy atom. The third-order valence-electron chi connectivity index (χ3n) is 18.9. The quantitative estimate of drug-likeness (QED) is 0.108. The van der Waals surface area contributed by atoms with E-state index in [1.54, 1.807) is 0 Å². The van der Waals surface area contributed by atoms with Crippen LogP contribution in [-0.2, 0) is 28.5 Å². The summed E-state index contributed by atoms with van der Waals surface area (Å²) in [5.41, 5.74) is -1.39. The van der Waals surface area contributed by atoms with Crippen molar-refractivity contribution in [3.8, 4) is 0 Å². The average molecular weight is 818 g/mol. The molecule has 18 atom stereocenters. The molecule has 10 heteroatoms. The first-order valence-electron chi connectivity index (χ1n) is 21.0. The first kappa shape index (κ1) is 42.4. The third-order valence-corrected chi connectivity index (χ3v) is 19.3. The molecule has 4 bridgehead atoms. The van der Waals surface area contributed by atoms with Crippen LogP contribution in [0.5, 0.6) is 0 Å². The van der Waals surface area contributed by atoms with E-state index >= 15 is 0 Å². The minimum absolute atomic E-state index is 0.119. The van der Waals surface area contributed by atoms with E-state index in [2.05, 4.69) is 67.9 Å². The molecule has 2 saturated heterocycles. The average Bonchev–Trinajstić information content (AvgIpc) is 4.00. The highest BCUT2D eigenvalue weighted by molar-refractivity contribution is 6.26. The van der Waals surface area contributed by atoms with E-state index in [4.69, 9.17) is 42.1 Å². The normalized spacial score (nSPS) is 54.1. The summed E-state index contributed by atoms with van der Waals surface area (Å²) >= 11 is 11.6. The van der Waals surface area contributed by atoms with Crippen LogP contribution in [0.15, 0.2) is 49.6 Å². The summed E-state index contributed by atoms with van der Waals surface area (Å²) in [7, 11) is 0. The number of carbonyl (C=O) groups is 2. The SMILES string of the molecule is C=CC(=C)[C@@H]1C[C@@H](OC(=O)CCl)[C@]2(C)[C@H](C)CC[C@]3(C[C@H](O)[C@]4(C)O[C@@]324)[C@H]1C.C=CC(=C)[C@@H]1C[C@@H](OC(=O)CCl)[C@]2(C)[C@H](C)CC[C@]3(C[C@H](O)[C@]4(C)O[C@@]324)[C@H]1C. The summed E-state index contributed by atoms with van der Waals surface area (Å²) in [4.78, 5) is 24.6. The molecule has 6 aliphatic carbocycles. The van der Waals surface area contributed by atoms with Gasteiger partial charge >= 0.3 is 11.9 Å². The number of aliphatic hydroxyl groups excluding tert-OH is 2. The smallest absolute Gasteiger partial charge is 0.321 e. The second-order valence-corrected chi connectivity index (χ2v) is 20.6. The van der Waals surface area contributed by atoms with Crippen molar-refractivity contribution in [1.82, 2.24) is 0 Å². The molecule has 2 spiro atoms. The van der Waals surface area contributed by atoms with Crippen LogP contribution in [0.25, 0.3) is 0 Å². The second-order valence-electron chi connectivity index (χ2n) is 20.0. The van der Waals surface area contributed by atoms with Crippen LogP contribution in [0.1, 0.15) is 107 Å². The van der Waals surface area contributed by atoms with Gasteiger partial charge < -0.3 is 29.2 Å². The maximum atomic E-state index is 12.3. The zero-order valence-electron chi connectivity index (χ0n) is 34.9. The lowest BCUT2D eigenvalue weighted by atomic mass is 9.47. The van der Waals surface area contributed by atoms with Gasteiger partial charge in [-0.05, 0) is 101 Å². The summed E-state index contributed by atoms with van der Waals surface area (Å²) in [5, 5.41) is 22.2. The highest BCUT2D eigenvalue weighted by atomic mass is 35.5. The standard InChI is InChI=1S/2C23H33ClO4/c2*1-7-13(2)16-10-18(27-19(26)12-24)20(5)14(3)8-9-22(15(16)4)11-17(25)21(6)23(20,22)28-21/h2*7,14-18,25H,1-2,8-12H2,3-6H3/t2*14-,15+,16+,17+,18-,20+,21+,22+,23+/m11/s1. The lowest BCUT2D eigenvalue weighted by molar-refractivity contribution is -0.178. The largest absolute Gasteiger partial charge is 0.461 e. The molecule has 6 saturated carbocycles. The molecule has 8 rings (SSSR count). The number of esters is 2. The minimum atomic E-state index is -0.597. The molecule has 0 aromatic rings. The highest BCUT2D eigenvalue weighted by Crippen LogP contribution is 2.85. The van der Waals surface area contributed by atoms with Gasteiger partial charge in [0.1, 0.15) is 46.4 Å². The molecule has 0 aromatic heterocycles. The maximum absolute atomic E-state index is 12.3. The predicted octanol–water partition coefficient (Wildman–Crippen LogP) is 8.50. The summed E-state index contributed by atoms with van der Waals surface area (Å²) in [6.07, 6.45) is 8.84. The highest BCUT2D eigenvalue weighted by Gasteiger charge is 2.94. The van der Waals surface area contributed by atoms with Crippen molar-refractivity contribution in [2.75, 3.05) is 11.8 Å². The number of allylic oxidation sites excluding steroid dienone is 4. The van der Waals surface area contributed by atoms with Gasteiger partial charge in [-0.3, -0.25) is 9.59 Å². The molecule has 2 N–H and O–H groups in total. The first-order chi connectivity index (χ1) is 26.1. The Balaban J connectivity index is 0.000000172. The van der Waals surface area contributed by atoms with E-state index in [1.165, 1.54) is 0 Å². The fourth-order valence-electron chi connectivity index (χ4n) is 15.6. The van der Waals surface area contributed by atoms with Crippen LogP contribution in [0.4, 0.5) is 0 Å². The molecule has 8 nitrogen and oxygen atoms in total. The van der Waals surface area contributed by atoms with Crippen molar-refractivity contribution < 1.29 is 38.7 Å². The van der Waals surface area contributed by atoms with E-state index in [0.717, 1.165) is 49.7 Å². The summed E-state index contributed by atoms with van der Waals surface area (Å²) in [6, 6.07) is 0. The Morgan fingerprint density at radius 2 is 1.04 bits per heavy atom. The van der Waals surface area contributed by atoms with E-state index in [1.807, 2.05) is 26.0 Å². The zero-order valence-corrected chi connectivity index (χ0v) is 36.4. The van der Waals surface area contributed by atoms with Crippen molar-refractivity contribution >= 4 is 35.1 Å². The Kier molecular flexibility index (Phi) is 10.2. The molecule has 0 unspecified atom stereocenters. The van der Waals surface area contributed by atoms with E-state index in [0.29, 0.717) is 24.7 Å². The molecule has 8 aliphatic rings. The summed E-state index contributed by atoms with van der Waals surface area (Å²) < 4.78 is 25.3. The van der Waals surface area contributed by atoms with E-state index in [9.17, 15) is 19.8 Å². The zero-order chi connectivity index (χ0) is 41.4. The number of epoxide rings is 2. The molecule has 0 amide bonds. The molecule has 2 aliphatic heterocycles. The summed E-state index contributed by atoms with van der Waals surface area (Å²) in [5.74, 6) is 0.184. The number of carbonyl (C=O) groups excluding carboxylic acids is 2. The number of ether oxygens (including phenoxy) is 4. The van der Waals surface area contributed by atoms with Gasteiger partial charge in [0.15, 0.2) is 0 Å². The number of hydrogen-bond donors (Lipinski definition) is 2. The van der Waals surface area contributed by atoms with Gasteiger partial charge in [0.2, 0.25) is 0 Å². The van der Waals surface area contributed by atoms with Gasteiger partial charge in [-0.2, -0.15) is 0 Å². The molecule has 0 radical (unpaired) electrons. The number of alkyl halides is 2. The van der Waals surface area contributed by atoms with Crippen LogP contribution in [0.3, 0.4) is 0 Å². The summed E-state index contributed by atoms with van der Waals surface area (Å²) in [6.45, 7) is 34.0. The van der Waals surface area contributed by atoms with Crippen molar-refractivity contribution in [1.29, 1.82) is 0 Å². The van der Waals surface area contributed by atoms with Crippen LogP contribution in [-0.4, -0.2) is 80.7 Å². The number of hydrogen-bond acceptors (Lipinski definition) is 8. The third kappa shape index (κ3) is 4.75. The number of rotatable bonds is 8. The molecule has 0 aromatic carbocycles. The fraction of sp³-hybridized carbons (Fsp3) is 0.783. The fourth-order valence-corrected chi connectivity index (χ4v) is 15.7. The van der Waals surface area contributed by atoms with Crippen LogP contribution >= 0.6 is 23.2 Å². The Labute approximate surface area is 344 Å². The van der Waals surface area contributed by atoms with Crippen LogP contribution in [0, 0.1) is 57.2 Å². The number of aliphatic hydroxyl groups is 2. The monoisotopic (exact) mass is 816 g/mol. The van der Waals surface area contributed by atoms with Crippen molar-refractivity contribution in [2.45, 2.75) is 154 Å². The molecular weight excluding hydrogens is 751 g/mol. The van der Waals surface area contributed by atoms with Gasteiger partial charge in [-0.15, -0.1) is 23.2 Å². The Morgan fingerprint density at radius 1 is 0.696 bits per heavy atom. The van der Waals surface area contributed by atoms with Gasteiger partial charge in [-0.1, -0.05) is 91.2 Å². The number of halogens is 2. The minimum Gasteiger partial charge on any atom is -0.461 e. The lowest BCUT2D eigenvalue weighted by Crippen LogP contribution is -2.62. The van der Waals surface area contributed by atoms with E-state index < -0.39 is 57.4 Å². The van der Waals surface area contributed by atoms with Gasteiger partial charge in [0, 0.05) is 21.7 Å². The van der Waals surface area contributed by atoms with Crippen molar-refractivity contribution in [2.24, 2.45) is 57.2 Å². The van der Waals surface area contributed by atoms with Crippen LogP contribution in [0.2, 0.25) is 0 Å². The Hall–Kier alpha value is -1.68. The maximum Gasteiger partial charge on any atom is 0.321 e. The van der Waals surface area contributed by atoms with Crippen molar-refractivity contribution in [3.63, 3.8) is 0 Å². The molecule has 312 valence electrons. The van der Waals surface area contributed by atoms with Crippen LogP contribution < -0.4 is 0 Å². The van der Waals surface area contributed by atoms with E-state index in [-0.39, 0.29) is 58.5 Å². The van der Waals surface area contributed by atoms with Gasteiger partial charge in [0.25, 0.3) is 0 Å². The molecular formula is C46H66Cl2O8. The van der Waals surface area contributed by atoms with Gasteiger partial charge in [-0.25, -0.2) is 0 Å². The Bertz CT molecular complexity index is 1590. The van der Waals surface area contributed by atoms with Gasteiger partial charge in [0.05, 0.1) is 12.2 Å². The first-order valence-corrected chi connectivity index (χ1v) is 22.1. The molecule has 2 heterocycles. The predicted molar refractivity (Wildman–Crippen MR) is 218 cm³/mol. The molecule has 8 fully saturated rings.